The highest BCUT2D eigenvalue weighted by Gasteiger charge is 2.26. The van der Waals surface area contributed by atoms with E-state index in [-0.39, 0.29) is 29.9 Å². The first-order valence-corrected chi connectivity index (χ1v) is 11.4. The first-order chi connectivity index (χ1) is 14.3. The number of halogens is 2. The third-order valence-corrected chi connectivity index (χ3v) is 5.92. The summed E-state index contributed by atoms with van der Waals surface area (Å²) in [6.07, 6.45) is 0. The molecule has 0 heterocycles. The van der Waals surface area contributed by atoms with Crippen LogP contribution in [0.4, 0.5) is 4.39 Å². The second-order valence-corrected chi connectivity index (χ2v) is 8.94. The fraction of sp³-hybridized carbons (Fsp3) is 0.391. The van der Waals surface area contributed by atoms with E-state index in [2.05, 4.69) is 5.32 Å². The van der Waals surface area contributed by atoms with Gasteiger partial charge in [-0.05, 0) is 42.2 Å². The molecule has 2 amide bonds. The number of amides is 2. The summed E-state index contributed by atoms with van der Waals surface area (Å²) in [7, 11) is 0. The van der Waals surface area contributed by atoms with Crippen LogP contribution in [-0.4, -0.2) is 35.1 Å². The van der Waals surface area contributed by atoms with Gasteiger partial charge in [-0.25, -0.2) is 4.39 Å². The quantitative estimate of drug-likeness (QED) is 0.560. The van der Waals surface area contributed by atoms with Crippen molar-refractivity contribution in [3.63, 3.8) is 0 Å². The molecule has 7 heteroatoms. The Bertz CT molecular complexity index is 845. The number of hydrogen-bond acceptors (Lipinski definition) is 3. The minimum absolute atomic E-state index is 0.144. The van der Waals surface area contributed by atoms with Gasteiger partial charge in [-0.3, -0.25) is 9.59 Å². The number of nitrogens with zero attached hydrogens (tertiary/aromatic N) is 1. The van der Waals surface area contributed by atoms with E-state index in [4.69, 9.17) is 11.6 Å². The molecule has 2 aromatic carbocycles. The topological polar surface area (TPSA) is 49.4 Å². The predicted octanol–water partition coefficient (Wildman–Crippen LogP) is 4.90. The molecule has 0 aromatic heterocycles. The number of carbonyl (C=O) groups is 2. The average molecular weight is 451 g/mol. The third kappa shape index (κ3) is 7.65. The summed E-state index contributed by atoms with van der Waals surface area (Å²) in [5, 5.41) is 3.46. The van der Waals surface area contributed by atoms with E-state index in [1.54, 1.807) is 30.0 Å². The zero-order chi connectivity index (χ0) is 22.1. The van der Waals surface area contributed by atoms with Crippen molar-refractivity contribution in [2.45, 2.75) is 39.1 Å². The van der Waals surface area contributed by atoms with Crippen LogP contribution >= 0.6 is 23.4 Å². The number of carbonyl (C=O) groups excluding carboxylic acids is 2. The summed E-state index contributed by atoms with van der Waals surface area (Å²) in [6, 6.07) is 12.9. The van der Waals surface area contributed by atoms with E-state index >= 15 is 0 Å². The SMILES string of the molecule is CC(C)CNC(=O)C(C)N(Cc1ccccc1Cl)C(=O)CSCc1ccc(F)cc1. The van der Waals surface area contributed by atoms with Crippen molar-refractivity contribution in [2.75, 3.05) is 12.3 Å². The largest absolute Gasteiger partial charge is 0.354 e. The van der Waals surface area contributed by atoms with Crippen LogP contribution in [0.3, 0.4) is 0 Å². The van der Waals surface area contributed by atoms with Crippen molar-refractivity contribution >= 4 is 35.2 Å². The van der Waals surface area contributed by atoms with Gasteiger partial charge in [0.15, 0.2) is 0 Å². The van der Waals surface area contributed by atoms with Gasteiger partial charge >= 0.3 is 0 Å². The highest BCUT2D eigenvalue weighted by molar-refractivity contribution is 7.99. The maximum Gasteiger partial charge on any atom is 0.242 e. The fourth-order valence-corrected chi connectivity index (χ4v) is 3.83. The molecule has 0 saturated heterocycles. The van der Waals surface area contributed by atoms with E-state index in [0.29, 0.717) is 23.2 Å². The zero-order valence-electron chi connectivity index (χ0n) is 17.5. The van der Waals surface area contributed by atoms with Crippen LogP contribution in [0.1, 0.15) is 31.9 Å². The van der Waals surface area contributed by atoms with Crippen LogP contribution in [0, 0.1) is 11.7 Å². The van der Waals surface area contributed by atoms with Crippen LogP contribution in [0.5, 0.6) is 0 Å². The molecule has 1 atom stereocenters. The molecule has 0 aliphatic carbocycles. The molecule has 0 bridgehead atoms. The summed E-state index contributed by atoms with van der Waals surface area (Å²) in [4.78, 5) is 27.2. The molecule has 1 unspecified atom stereocenters. The van der Waals surface area contributed by atoms with Crippen molar-refractivity contribution in [2.24, 2.45) is 5.92 Å². The van der Waals surface area contributed by atoms with Gasteiger partial charge in [-0.2, -0.15) is 0 Å². The van der Waals surface area contributed by atoms with Gasteiger partial charge in [0.2, 0.25) is 11.8 Å². The Balaban J connectivity index is 2.06. The molecule has 1 N–H and O–H groups in total. The van der Waals surface area contributed by atoms with Crippen LogP contribution in [0.25, 0.3) is 0 Å². The second kappa shape index (κ2) is 12.0. The minimum atomic E-state index is -0.626. The maximum atomic E-state index is 13.0. The van der Waals surface area contributed by atoms with Gasteiger partial charge in [0.1, 0.15) is 11.9 Å². The summed E-state index contributed by atoms with van der Waals surface area (Å²) in [5.41, 5.74) is 1.73. The standard InChI is InChI=1S/C23H28ClFN2O2S/c1-16(2)12-26-23(29)17(3)27(13-19-6-4-5-7-21(19)24)22(28)15-30-14-18-8-10-20(25)11-9-18/h4-11,16-17H,12-15H2,1-3H3,(H,26,29). The number of benzene rings is 2. The molecule has 0 fully saturated rings. The van der Waals surface area contributed by atoms with Crippen molar-refractivity contribution < 1.29 is 14.0 Å². The van der Waals surface area contributed by atoms with E-state index in [0.717, 1.165) is 11.1 Å². The van der Waals surface area contributed by atoms with Crippen LogP contribution in [0.15, 0.2) is 48.5 Å². The Labute approximate surface area is 187 Å². The lowest BCUT2D eigenvalue weighted by Gasteiger charge is -2.29. The summed E-state index contributed by atoms with van der Waals surface area (Å²) < 4.78 is 13.0. The number of nitrogens with one attached hydrogen (secondary N) is 1. The van der Waals surface area contributed by atoms with Gasteiger partial charge in [-0.15, -0.1) is 11.8 Å². The Morgan fingerprint density at radius 1 is 1.10 bits per heavy atom. The molecule has 4 nitrogen and oxygen atoms in total. The maximum absolute atomic E-state index is 13.0. The van der Waals surface area contributed by atoms with Gasteiger partial charge in [-0.1, -0.05) is 55.8 Å². The molecule has 0 radical (unpaired) electrons. The number of hydrogen-bond donors (Lipinski definition) is 1. The highest BCUT2D eigenvalue weighted by Crippen LogP contribution is 2.20. The minimum Gasteiger partial charge on any atom is -0.354 e. The molecule has 0 aliphatic rings. The Kier molecular flexibility index (Phi) is 9.66. The van der Waals surface area contributed by atoms with Gasteiger partial charge < -0.3 is 10.2 Å². The molecule has 0 spiro atoms. The van der Waals surface area contributed by atoms with E-state index in [1.807, 2.05) is 32.0 Å². The first-order valence-electron chi connectivity index (χ1n) is 9.90. The van der Waals surface area contributed by atoms with Crippen molar-refractivity contribution in [3.05, 3.63) is 70.5 Å². The smallest absolute Gasteiger partial charge is 0.242 e. The average Bonchev–Trinajstić information content (AvgIpc) is 2.72. The highest BCUT2D eigenvalue weighted by atomic mass is 35.5. The predicted molar refractivity (Wildman–Crippen MR) is 122 cm³/mol. The van der Waals surface area contributed by atoms with Crippen molar-refractivity contribution in [1.29, 1.82) is 0 Å². The molecular formula is C23H28ClFN2O2S. The number of rotatable bonds is 10. The van der Waals surface area contributed by atoms with Crippen LogP contribution < -0.4 is 5.32 Å². The summed E-state index contributed by atoms with van der Waals surface area (Å²) in [5.74, 6) is 0.498. The van der Waals surface area contributed by atoms with Gasteiger partial charge in [0.05, 0.1) is 5.75 Å². The molecule has 2 rings (SSSR count). The number of thioether (sulfide) groups is 1. The van der Waals surface area contributed by atoms with Gasteiger partial charge in [0, 0.05) is 23.9 Å². The lowest BCUT2D eigenvalue weighted by molar-refractivity contribution is -0.138. The lowest BCUT2D eigenvalue weighted by atomic mass is 10.1. The first kappa shape index (κ1) is 24.2. The molecule has 0 saturated carbocycles. The summed E-state index contributed by atoms with van der Waals surface area (Å²) >= 11 is 7.72. The molecular weight excluding hydrogens is 423 g/mol. The summed E-state index contributed by atoms with van der Waals surface area (Å²) in [6.45, 7) is 6.57. The second-order valence-electron chi connectivity index (χ2n) is 7.55. The monoisotopic (exact) mass is 450 g/mol. The van der Waals surface area contributed by atoms with Crippen LogP contribution in [0.2, 0.25) is 5.02 Å². The fourth-order valence-electron chi connectivity index (χ4n) is 2.76. The molecule has 30 heavy (non-hydrogen) atoms. The molecule has 0 aliphatic heterocycles. The van der Waals surface area contributed by atoms with Crippen molar-refractivity contribution in [3.8, 4) is 0 Å². The molecule has 2 aromatic rings. The van der Waals surface area contributed by atoms with Crippen LogP contribution in [-0.2, 0) is 21.9 Å². The van der Waals surface area contributed by atoms with E-state index < -0.39 is 6.04 Å². The Hall–Kier alpha value is -2.05. The third-order valence-electron chi connectivity index (χ3n) is 4.56. The molecule has 162 valence electrons. The zero-order valence-corrected chi connectivity index (χ0v) is 19.1. The lowest BCUT2D eigenvalue weighted by Crippen LogP contribution is -2.48. The Morgan fingerprint density at radius 2 is 1.77 bits per heavy atom. The van der Waals surface area contributed by atoms with E-state index in [9.17, 15) is 14.0 Å². The van der Waals surface area contributed by atoms with Crippen molar-refractivity contribution in [1.82, 2.24) is 10.2 Å². The van der Waals surface area contributed by atoms with E-state index in [1.165, 1.54) is 23.9 Å². The van der Waals surface area contributed by atoms with Gasteiger partial charge in [0.25, 0.3) is 0 Å². The normalized spacial score (nSPS) is 11.9. The Morgan fingerprint density at radius 3 is 2.40 bits per heavy atom.